The molecule has 76 valence electrons. The minimum Gasteiger partial charge on any atom is -0.478 e. The van der Waals surface area contributed by atoms with Crippen LogP contribution in [0, 0.1) is 0 Å². The number of carbonyl (C=O) groups is 1. The summed E-state index contributed by atoms with van der Waals surface area (Å²) in [5, 5.41) is 8.41. The first-order valence-electron chi connectivity index (χ1n) is 3.40. The maximum absolute atomic E-state index is 12.0. The first-order chi connectivity index (χ1) is 6.32. The van der Waals surface area contributed by atoms with Gasteiger partial charge < -0.3 is 9.52 Å². The van der Waals surface area contributed by atoms with Gasteiger partial charge >= 0.3 is 12.1 Å². The van der Waals surface area contributed by atoms with E-state index in [0.717, 1.165) is 12.3 Å². The van der Waals surface area contributed by atoms with Crippen molar-refractivity contribution in [2.75, 3.05) is 0 Å². The molecule has 0 bridgehead atoms. The highest BCUT2D eigenvalue weighted by molar-refractivity contribution is 5.88. The van der Waals surface area contributed by atoms with E-state index in [4.69, 9.17) is 5.11 Å². The molecule has 1 rings (SSSR count). The third-order valence-electron chi connectivity index (χ3n) is 1.49. The van der Waals surface area contributed by atoms with Gasteiger partial charge in [0.25, 0.3) is 0 Å². The van der Waals surface area contributed by atoms with Gasteiger partial charge in [-0.1, -0.05) is 6.58 Å². The Kier molecular flexibility index (Phi) is 2.37. The van der Waals surface area contributed by atoms with E-state index in [1.54, 1.807) is 0 Å². The Labute approximate surface area is 76.4 Å². The molecule has 3 nitrogen and oxygen atoms in total. The lowest BCUT2D eigenvalue weighted by Crippen LogP contribution is -2.08. The Hall–Kier alpha value is -1.72. The number of carboxylic acid groups (broad SMARTS) is 1. The minimum absolute atomic E-state index is 0.342. The Morgan fingerprint density at radius 2 is 2.07 bits per heavy atom. The quantitative estimate of drug-likeness (QED) is 0.808. The lowest BCUT2D eigenvalue weighted by Gasteiger charge is -2.05. The predicted octanol–water partition coefficient (Wildman–Crippen LogP) is 2.55. The molecular weight excluding hydrogens is 201 g/mol. The molecule has 1 aromatic heterocycles. The van der Waals surface area contributed by atoms with Crippen molar-refractivity contribution in [3.05, 3.63) is 30.2 Å². The van der Waals surface area contributed by atoms with Crippen LogP contribution in [0.2, 0.25) is 0 Å². The van der Waals surface area contributed by atoms with Crippen LogP contribution in [0.25, 0.3) is 5.57 Å². The van der Waals surface area contributed by atoms with E-state index in [1.165, 1.54) is 0 Å². The number of hydrogen-bond donors (Lipinski definition) is 1. The molecule has 0 amide bonds. The second kappa shape index (κ2) is 3.21. The minimum atomic E-state index is -4.62. The molecule has 0 fully saturated rings. The molecule has 0 spiro atoms. The van der Waals surface area contributed by atoms with Crippen LogP contribution in [0.4, 0.5) is 13.2 Å². The Bertz CT molecular complexity index is 375. The van der Waals surface area contributed by atoms with Crippen molar-refractivity contribution in [3.63, 3.8) is 0 Å². The van der Waals surface area contributed by atoms with E-state index in [0.29, 0.717) is 0 Å². The molecule has 1 aromatic rings. The van der Waals surface area contributed by atoms with Crippen molar-refractivity contribution in [1.82, 2.24) is 0 Å². The summed E-state index contributed by atoms with van der Waals surface area (Å²) < 4.78 is 40.5. The number of carboxylic acids is 1. The largest absolute Gasteiger partial charge is 0.478 e. The highest BCUT2D eigenvalue weighted by Crippen LogP contribution is 2.32. The number of furan rings is 1. The van der Waals surface area contributed by atoms with E-state index in [-0.39, 0.29) is 5.56 Å². The predicted molar refractivity (Wildman–Crippen MR) is 40.8 cm³/mol. The molecule has 0 saturated heterocycles. The molecule has 0 saturated carbocycles. The van der Waals surface area contributed by atoms with Crippen molar-refractivity contribution in [3.8, 4) is 0 Å². The van der Waals surface area contributed by atoms with Gasteiger partial charge in [0.05, 0.1) is 11.1 Å². The molecule has 0 aromatic carbocycles. The molecule has 0 aliphatic heterocycles. The van der Waals surface area contributed by atoms with Gasteiger partial charge in [0.15, 0.2) is 0 Å². The van der Waals surface area contributed by atoms with Gasteiger partial charge in [-0.05, 0) is 6.07 Å². The smallest absolute Gasteiger partial charge is 0.419 e. The third-order valence-corrected chi connectivity index (χ3v) is 1.49. The molecule has 6 heteroatoms. The molecule has 1 heterocycles. The molecule has 14 heavy (non-hydrogen) atoms. The molecule has 0 aliphatic rings. The summed E-state index contributed by atoms with van der Waals surface area (Å²) in [4.78, 5) is 10.3. The molecule has 0 unspecified atom stereocenters. The van der Waals surface area contributed by atoms with Crippen LogP contribution in [-0.4, -0.2) is 17.3 Å². The maximum atomic E-state index is 12.0. The van der Waals surface area contributed by atoms with E-state index in [1.807, 2.05) is 0 Å². The number of hydrogen-bond acceptors (Lipinski definition) is 2. The van der Waals surface area contributed by atoms with Crippen LogP contribution in [0.3, 0.4) is 0 Å². The Morgan fingerprint density at radius 3 is 2.43 bits per heavy atom. The van der Waals surface area contributed by atoms with Crippen molar-refractivity contribution in [2.45, 2.75) is 6.18 Å². The number of rotatable bonds is 2. The van der Waals surface area contributed by atoms with Gasteiger partial charge in [-0.2, -0.15) is 13.2 Å². The SMILES string of the molecule is C=C(c1cc(C(=O)O)co1)C(F)(F)F. The lowest BCUT2D eigenvalue weighted by molar-refractivity contribution is -0.0697. The standard InChI is InChI=1S/C8H5F3O3/c1-4(8(9,10)11)6-2-5(3-14-6)7(12)13/h2-3H,1H2,(H,12,13). The monoisotopic (exact) mass is 206 g/mol. The molecular formula is C8H5F3O3. The average molecular weight is 206 g/mol. The van der Waals surface area contributed by atoms with Crippen molar-refractivity contribution in [1.29, 1.82) is 0 Å². The summed E-state index contributed by atoms with van der Waals surface area (Å²) in [6, 6.07) is 0.776. The van der Waals surface area contributed by atoms with E-state index in [2.05, 4.69) is 11.0 Å². The van der Waals surface area contributed by atoms with Crippen LogP contribution >= 0.6 is 0 Å². The van der Waals surface area contributed by atoms with E-state index >= 15 is 0 Å². The van der Waals surface area contributed by atoms with Crippen LogP contribution in [-0.2, 0) is 0 Å². The summed E-state index contributed by atoms with van der Waals surface area (Å²) in [6.07, 6.45) is -3.89. The fourth-order valence-corrected chi connectivity index (χ4v) is 0.746. The topological polar surface area (TPSA) is 50.4 Å². The zero-order valence-electron chi connectivity index (χ0n) is 6.76. The third kappa shape index (κ3) is 1.95. The molecule has 0 atom stereocenters. The Morgan fingerprint density at radius 1 is 1.50 bits per heavy atom. The van der Waals surface area contributed by atoms with Crippen molar-refractivity contribution >= 4 is 11.5 Å². The van der Waals surface area contributed by atoms with Crippen LogP contribution in [0.15, 0.2) is 23.3 Å². The van der Waals surface area contributed by atoms with Crippen LogP contribution in [0.1, 0.15) is 16.1 Å². The lowest BCUT2D eigenvalue weighted by atomic mass is 10.2. The second-order valence-electron chi connectivity index (χ2n) is 2.48. The molecule has 0 radical (unpaired) electrons. The summed E-state index contributed by atoms with van der Waals surface area (Å²) in [6.45, 7) is 2.76. The van der Waals surface area contributed by atoms with E-state index in [9.17, 15) is 18.0 Å². The van der Waals surface area contributed by atoms with Gasteiger partial charge in [0, 0.05) is 0 Å². The normalized spacial score (nSPS) is 11.4. The van der Waals surface area contributed by atoms with Gasteiger partial charge in [0.1, 0.15) is 12.0 Å². The molecule has 1 N–H and O–H groups in total. The summed E-state index contributed by atoms with van der Waals surface area (Å²) in [7, 11) is 0. The average Bonchev–Trinajstić information content (AvgIpc) is 2.48. The first-order valence-corrected chi connectivity index (χ1v) is 3.40. The number of alkyl halides is 3. The fourth-order valence-electron chi connectivity index (χ4n) is 0.746. The van der Waals surface area contributed by atoms with Gasteiger partial charge in [0.2, 0.25) is 0 Å². The fraction of sp³-hybridized carbons (Fsp3) is 0.125. The van der Waals surface area contributed by atoms with Crippen molar-refractivity contribution < 1.29 is 27.5 Å². The zero-order valence-corrected chi connectivity index (χ0v) is 6.76. The molecule has 0 aliphatic carbocycles. The highest BCUT2D eigenvalue weighted by Gasteiger charge is 2.35. The summed E-state index contributed by atoms with van der Waals surface area (Å²) >= 11 is 0. The summed E-state index contributed by atoms with van der Waals surface area (Å²) in [5.41, 5.74) is -1.55. The van der Waals surface area contributed by atoms with Crippen LogP contribution < -0.4 is 0 Å². The van der Waals surface area contributed by atoms with Crippen LogP contribution in [0.5, 0.6) is 0 Å². The maximum Gasteiger partial charge on any atom is 0.419 e. The second-order valence-corrected chi connectivity index (χ2v) is 2.48. The van der Waals surface area contributed by atoms with Crippen molar-refractivity contribution in [2.24, 2.45) is 0 Å². The van der Waals surface area contributed by atoms with Gasteiger partial charge in [-0.3, -0.25) is 0 Å². The Balaban J connectivity index is 2.99. The van der Waals surface area contributed by atoms with Gasteiger partial charge in [-0.25, -0.2) is 4.79 Å². The number of halogens is 3. The first kappa shape index (κ1) is 10.4. The highest BCUT2D eigenvalue weighted by atomic mass is 19.4. The number of allylic oxidation sites excluding steroid dienone is 1. The summed E-state index contributed by atoms with van der Waals surface area (Å²) in [5.74, 6) is -1.94. The van der Waals surface area contributed by atoms with Gasteiger partial charge in [-0.15, -0.1) is 0 Å². The number of aromatic carboxylic acids is 1. The van der Waals surface area contributed by atoms with E-state index < -0.39 is 23.5 Å². The zero-order chi connectivity index (χ0) is 10.9.